The quantitative estimate of drug-likeness (QED) is 0.258. The molecule has 0 bridgehead atoms. The van der Waals surface area contributed by atoms with Crippen LogP contribution in [0.2, 0.25) is 0 Å². The molecule has 0 spiro atoms. The molecule has 2 heteroatoms. The fourth-order valence-corrected chi connectivity index (χ4v) is 11.4. The first-order valence-corrected chi connectivity index (χ1v) is 22.3. The molecular formula is C56H57NO. The predicted octanol–water partition coefficient (Wildman–Crippen LogP) is 13.9. The van der Waals surface area contributed by atoms with Gasteiger partial charge in [0.15, 0.2) is 0 Å². The molecule has 7 unspecified atom stereocenters. The lowest BCUT2D eigenvalue weighted by molar-refractivity contribution is -0.0181. The zero-order chi connectivity index (χ0) is 38.9. The number of benzene rings is 2. The van der Waals surface area contributed by atoms with E-state index in [2.05, 4.69) is 158 Å². The monoisotopic (exact) mass is 759 g/mol. The van der Waals surface area contributed by atoms with Crippen LogP contribution in [-0.2, 0) is 4.74 Å². The van der Waals surface area contributed by atoms with Gasteiger partial charge in [0.05, 0.1) is 11.8 Å². The van der Waals surface area contributed by atoms with Crippen LogP contribution in [0.4, 0.5) is 0 Å². The molecule has 2 heterocycles. The van der Waals surface area contributed by atoms with E-state index < -0.39 is 0 Å². The van der Waals surface area contributed by atoms with Crippen LogP contribution in [0.5, 0.6) is 0 Å². The molecule has 58 heavy (non-hydrogen) atoms. The molecule has 0 saturated carbocycles. The molecule has 0 aromatic heterocycles. The summed E-state index contributed by atoms with van der Waals surface area (Å²) in [5.41, 5.74) is 13.2. The Morgan fingerprint density at radius 2 is 1.59 bits per heavy atom. The first-order valence-electron chi connectivity index (χ1n) is 22.3. The minimum Gasteiger partial charge on any atom is -0.490 e. The largest absolute Gasteiger partial charge is 0.490 e. The SMILES string of the molecule is C=C1CC(C2C=CC=CC2)=CC(c2ccccc2)=NC1C1=CCC(c2ccc(C3=CCCC(C4(C5C=CCCC5)C5=CCCC=C5OC5CCC=CC54)=C3)cc2)C=C1. The van der Waals surface area contributed by atoms with Crippen molar-refractivity contribution < 1.29 is 4.74 Å². The number of hydrogen-bond donors (Lipinski definition) is 0. The Labute approximate surface area is 346 Å². The highest BCUT2D eigenvalue weighted by Gasteiger charge is 2.56. The van der Waals surface area contributed by atoms with Crippen LogP contribution in [0.15, 0.2) is 197 Å². The molecule has 2 aromatic carbocycles. The zero-order valence-corrected chi connectivity index (χ0v) is 33.9. The van der Waals surface area contributed by atoms with Gasteiger partial charge in [-0.05, 0) is 129 Å². The number of allylic oxidation sites excluding steroid dienone is 18. The van der Waals surface area contributed by atoms with Gasteiger partial charge in [-0.15, -0.1) is 0 Å². The summed E-state index contributed by atoms with van der Waals surface area (Å²) in [6.07, 6.45) is 52.0. The average molecular weight is 760 g/mol. The lowest BCUT2D eigenvalue weighted by Gasteiger charge is -2.56. The number of rotatable bonds is 7. The summed E-state index contributed by atoms with van der Waals surface area (Å²) in [6.45, 7) is 4.65. The molecule has 0 amide bonds. The fraction of sp³-hybridized carbons (Fsp3) is 0.339. The number of fused-ring (bicyclic) bond motifs is 2. The zero-order valence-electron chi connectivity index (χ0n) is 33.9. The minimum atomic E-state index is -0.0516. The van der Waals surface area contributed by atoms with E-state index in [1.54, 1.807) is 5.57 Å². The van der Waals surface area contributed by atoms with Crippen molar-refractivity contribution in [3.63, 3.8) is 0 Å². The second-order valence-corrected chi connectivity index (χ2v) is 17.7. The van der Waals surface area contributed by atoms with E-state index in [4.69, 9.17) is 9.73 Å². The second-order valence-electron chi connectivity index (χ2n) is 17.7. The number of ether oxygens (including phenoxy) is 1. The van der Waals surface area contributed by atoms with Crippen molar-refractivity contribution >= 4 is 11.3 Å². The first-order chi connectivity index (χ1) is 28.6. The van der Waals surface area contributed by atoms with Crippen LogP contribution in [-0.4, -0.2) is 17.9 Å². The van der Waals surface area contributed by atoms with E-state index >= 15 is 0 Å². The maximum absolute atomic E-state index is 6.86. The molecule has 10 rings (SSSR count). The Bertz CT molecular complexity index is 2310. The molecular weight excluding hydrogens is 703 g/mol. The predicted molar refractivity (Wildman–Crippen MR) is 242 cm³/mol. The van der Waals surface area contributed by atoms with Gasteiger partial charge in [-0.1, -0.05) is 157 Å². The Balaban J connectivity index is 0.903. The topological polar surface area (TPSA) is 21.6 Å². The average Bonchev–Trinajstić information content (AvgIpc) is 3.48. The van der Waals surface area contributed by atoms with Gasteiger partial charge in [-0.2, -0.15) is 0 Å². The van der Waals surface area contributed by atoms with Gasteiger partial charge in [-0.3, -0.25) is 4.99 Å². The molecule has 2 aromatic rings. The molecule has 0 N–H and O–H groups in total. The second kappa shape index (κ2) is 16.2. The highest BCUT2D eigenvalue weighted by molar-refractivity contribution is 6.09. The van der Waals surface area contributed by atoms with Crippen molar-refractivity contribution in [2.24, 2.45) is 28.2 Å². The van der Waals surface area contributed by atoms with E-state index in [-0.39, 0.29) is 17.6 Å². The van der Waals surface area contributed by atoms with Crippen LogP contribution in [0, 0.1) is 23.2 Å². The summed E-state index contributed by atoms with van der Waals surface area (Å²) < 4.78 is 6.86. The normalized spacial score (nSPS) is 31.6. The van der Waals surface area contributed by atoms with Gasteiger partial charge < -0.3 is 4.74 Å². The summed E-state index contributed by atoms with van der Waals surface area (Å²) >= 11 is 0. The van der Waals surface area contributed by atoms with Crippen LogP contribution >= 0.6 is 0 Å². The summed E-state index contributed by atoms with van der Waals surface area (Å²) in [4.78, 5) is 5.42. The Morgan fingerprint density at radius 3 is 2.40 bits per heavy atom. The van der Waals surface area contributed by atoms with Crippen molar-refractivity contribution in [2.45, 2.75) is 95.1 Å². The van der Waals surface area contributed by atoms with Gasteiger partial charge in [-0.25, -0.2) is 0 Å². The molecule has 1 saturated heterocycles. The number of hydrogen-bond acceptors (Lipinski definition) is 2. The molecule has 6 aliphatic carbocycles. The Hall–Kier alpha value is -5.21. The lowest BCUT2D eigenvalue weighted by atomic mass is 9.51. The highest BCUT2D eigenvalue weighted by atomic mass is 16.5. The number of aliphatic imine (C=N–C) groups is 1. The van der Waals surface area contributed by atoms with Gasteiger partial charge in [0.1, 0.15) is 11.9 Å². The van der Waals surface area contributed by atoms with Crippen molar-refractivity contribution in [2.75, 3.05) is 0 Å². The lowest BCUT2D eigenvalue weighted by Crippen LogP contribution is -2.51. The van der Waals surface area contributed by atoms with Crippen molar-refractivity contribution in [1.82, 2.24) is 0 Å². The number of nitrogens with zero attached hydrogens (tertiary/aromatic N) is 1. The van der Waals surface area contributed by atoms with Crippen molar-refractivity contribution in [3.8, 4) is 0 Å². The highest BCUT2D eigenvalue weighted by Crippen LogP contribution is 2.62. The summed E-state index contributed by atoms with van der Waals surface area (Å²) in [7, 11) is 0. The minimum absolute atomic E-state index is 0.0458. The first kappa shape index (κ1) is 37.1. The molecule has 292 valence electrons. The third-order valence-corrected chi connectivity index (χ3v) is 14.3. The Morgan fingerprint density at radius 1 is 0.707 bits per heavy atom. The third kappa shape index (κ3) is 6.93. The van der Waals surface area contributed by atoms with Crippen molar-refractivity contribution in [3.05, 3.63) is 209 Å². The molecule has 2 nitrogen and oxygen atoms in total. The van der Waals surface area contributed by atoms with Crippen LogP contribution in [0.25, 0.3) is 5.57 Å². The molecule has 8 aliphatic rings. The molecule has 7 atom stereocenters. The molecule has 2 aliphatic heterocycles. The van der Waals surface area contributed by atoms with Gasteiger partial charge in [0.25, 0.3) is 0 Å². The standard InChI is InChI=1S/C56H57NO/c1-39-36-47(40-16-5-2-6-17-40)38-52(44-18-7-3-8-19-44)57-55(39)45-34-32-42(33-35-45)41-28-30-43(31-29-41)46-20-15-23-49(37-46)56(48-21-9-4-10-22-48)50-24-11-13-26-53(50)58-54-27-14-12-25-51(54)56/h2-3,5-9,11,16,18-21,24-25,27-32,34-35,37-38,40,42,48,50,53,55H,1,4,10,12-15,17,22-23,26,33,36H2. The van der Waals surface area contributed by atoms with E-state index in [0.29, 0.717) is 23.7 Å². The van der Waals surface area contributed by atoms with E-state index in [1.807, 2.05) is 0 Å². The third-order valence-electron chi connectivity index (χ3n) is 14.3. The van der Waals surface area contributed by atoms with Crippen LogP contribution < -0.4 is 0 Å². The van der Waals surface area contributed by atoms with Crippen LogP contribution in [0.3, 0.4) is 0 Å². The summed E-state index contributed by atoms with van der Waals surface area (Å²) in [5, 5.41) is 0. The van der Waals surface area contributed by atoms with Gasteiger partial charge >= 0.3 is 0 Å². The maximum atomic E-state index is 6.86. The van der Waals surface area contributed by atoms with Gasteiger partial charge in [0.2, 0.25) is 0 Å². The fourth-order valence-electron chi connectivity index (χ4n) is 11.4. The van der Waals surface area contributed by atoms with E-state index in [9.17, 15) is 0 Å². The maximum Gasteiger partial charge on any atom is 0.119 e. The smallest absolute Gasteiger partial charge is 0.119 e. The molecule has 1 fully saturated rings. The Kier molecular flexibility index (Phi) is 10.4. The van der Waals surface area contributed by atoms with E-state index in [0.717, 1.165) is 63.5 Å². The summed E-state index contributed by atoms with van der Waals surface area (Å²) in [6, 6.07) is 20.1. The summed E-state index contributed by atoms with van der Waals surface area (Å²) in [5.74, 6) is 2.78. The van der Waals surface area contributed by atoms with Gasteiger partial charge in [0, 0.05) is 28.7 Å². The van der Waals surface area contributed by atoms with E-state index in [1.165, 1.54) is 69.6 Å². The molecule has 0 radical (unpaired) electrons. The van der Waals surface area contributed by atoms with Crippen LogP contribution in [0.1, 0.15) is 99.7 Å². The van der Waals surface area contributed by atoms with Crippen molar-refractivity contribution in [1.29, 1.82) is 0 Å².